The molecule has 5 nitrogen and oxygen atoms in total. The summed E-state index contributed by atoms with van der Waals surface area (Å²) in [6.45, 7) is 10.7. The summed E-state index contributed by atoms with van der Waals surface area (Å²) in [7, 11) is 0. The molecule has 2 aromatic rings. The van der Waals surface area contributed by atoms with Crippen LogP contribution in [0.15, 0.2) is 42.5 Å². The van der Waals surface area contributed by atoms with Gasteiger partial charge in [-0.2, -0.15) is 0 Å². The van der Waals surface area contributed by atoms with Crippen LogP contribution in [0.25, 0.3) is 11.1 Å². The summed E-state index contributed by atoms with van der Waals surface area (Å²) in [4.78, 5) is 11.6. The zero-order valence-corrected chi connectivity index (χ0v) is 18.0. The number of amides is 2. The largest absolute Gasteiger partial charge is 0.507 e. The van der Waals surface area contributed by atoms with Crippen molar-refractivity contribution in [2.75, 3.05) is 19.8 Å². The van der Waals surface area contributed by atoms with Crippen molar-refractivity contribution in [2.24, 2.45) is 0 Å². The molecule has 0 atom stereocenters. The van der Waals surface area contributed by atoms with E-state index in [9.17, 15) is 9.90 Å². The van der Waals surface area contributed by atoms with Gasteiger partial charge in [-0.05, 0) is 42.2 Å². The minimum Gasteiger partial charge on any atom is -0.507 e. The molecule has 5 heteroatoms. The molecule has 158 valence electrons. The van der Waals surface area contributed by atoms with Crippen LogP contribution in [0, 0.1) is 0 Å². The molecule has 0 aliphatic rings. The third-order valence-electron chi connectivity index (χ3n) is 4.91. The monoisotopic (exact) mass is 398 g/mol. The second-order valence-electron chi connectivity index (χ2n) is 7.94. The van der Waals surface area contributed by atoms with E-state index in [1.54, 1.807) is 0 Å². The predicted octanol–water partition coefficient (Wildman–Crippen LogP) is 4.97. The van der Waals surface area contributed by atoms with Gasteiger partial charge in [0.15, 0.2) is 0 Å². The van der Waals surface area contributed by atoms with Gasteiger partial charge in [-0.15, -0.1) is 0 Å². The second kappa shape index (κ2) is 10.9. The van der Waals surface area contributed by atoms with Gasteiger partial charge in [-0.1, -0.05) is 57.5 Å². The lowest BCUT2D eigenvalue weighted by Crippen LogP contribution is -2.34. The van der Waals surface area contributed by atoms with Gasteiger partial charge < -0.3 is 20.5 Å². The first-order chi connectivity index (χ1) is 13.9. The summed E-state index contributed by atoms with van der Waals surface area (Å²) in [5.41, 5.74) is 3.53. The summed E-state index contributed by atoms with van der Waals surface area (Å²) in [6, 6.07) is 13.5. The number of hydrogen-bond acceptors (Lipinski definition) is 3. The van der Waals surface area contributed by atoms with Crippen molar-refractivity contribution in [3.8, 4) is 16.9 Å². The molecule has 0 saturated carbocycles. The van der Waals surface area contributed by atoms with Crippen LogP contribution in [-0.4, -0.2) is 30.9 Å². The Balaban J connectivity index is 2.11. The Kier molecular flexibility index (Phi) is 8.52. The van der Waals surface area contributed by atoms with Gasteiger partial charge in [0.25, 0.3) is 0 Å². The molecule has 2 rings (SSSR count). The summed E-state index contributed by atoms with van der Waals surface area (Å²) in [6.07, 6.45) is 2.18. The lowest BCUT2D eigenvalue weighted by Gasteiger charge is -2.26. The molecule has 0 radical (unpaired) electrons. The van der Waals surface area contributed by atoms with Crippen molar-refractivity contribution >= 4 is 6.03 Å². The van der Waals surface area contributed by atoms with E-state index in [2.05, 4.69) is 37.5 Å². The molecule has 0 spiro atoms. The van der Waals surface area contributed by atoms with E-state index in [1.165, 1.54) is 0 Å². The van der Waals surface area contributed by atoms with Crippen LogP contribution < -0.4 is 10.6 Å². The second-order valence-corrected chi connectivity index (χ2v) is 7.94. The average molecular weight is 399 g/mol. The molecular weight excluding hydrogens is 364 g/mol. The highest BCUT2D eigenvalue weighted by atomic mass is 16.5. The topological polar surface area (TPSA) is 70.6 Å². The van der Waals surface area contributed by atoms with Crippen molar-refractivity contribution in [1.29, 1.82) is 0 Å². The fraction of sp³-hybridized carbons (Fsp3) is 0.458. The number of carbonyl (C=O) groups is 1. The minimum absolute atomic E-state index is 0.178. The van der Waals surface area contributed by atoms with Crippen molar-refractivity contribution in [2.45, 2.75) is 52.5 Å². The average Bonchev–Trinajstić information content (AvgIpc) is 2.70. The molecule has 2 aromatic carbocycles. The quantitative estimate of drug-likeness (QED) is 0.495. The maximum absolute atomic E-state index is 11.6. The SMILES string of the molecule is CCCCOCC(C)(C)c1ccc(-c2cccc(CNC(=O)NCC)c2)c(O)c1. The number of urea groups is 1. The van der Waals surface area contributed by atoms with Crippen LogP contribution in [0.2, 0.25) is 0 Å². The van der Waals surface area contributed by atoms with E-state index in [-0.39, 0.29) is 17.2 Å². The molecule has 29 heavy (non-hydrogen) atoms. The number of nitrogens with one attached hydrogen (secondary N) is 2. The van der Waals surface area contributed by atoms with Crippen molar-refractivity contribution < 1.29 is 14.6 Å². The number of aromatic hydroxyl groups is 1. The first kappa shape index (κ1) is 22.8. The molecule has 3 N–H and O–H groups in total. The van der Waals surface area contributed by atoms with Gasteiger partial charge >= 0.3 is 6.03 Å². The van der Waals surface area contributed by atoms with Gasteiger partial charge in [-0.25, -0.2) is 4.79 Å². The number of unbranched alkanes of at least 4 members (excludes halogenated alkanes) is 1. The number of ether oxygens (including phenoxy) is 1. The van der Waals surface area contributed by atoms with Crippen LogP contribution in [0.5, 0.6) is 5.75 Å². The first-order valence-electron chi connectivity index (χ1n) is 10.4. The molecule has 0 saturated heterocycles. The Labute approximate surface area is 174 Å². The Morgan fingerprint density at radius 3 is 2.59 bits per heavy atom. The molecule has 0 aliphatic heterocycles. The number of carbonyl (C=O) groups excluding carboxylic acids is 1. The predicted molar refractivity (Wildman–Crippen MR) is 118 cm³/mol. The smallest absolute Gasteiger partial charge is 0.315 e. The Morgan fingerprint density at radius 1 is 1.10 bits per heavy atom. The van der Waals surface area contributed by atoms with E-state index in [0.29, 0.717) is 19.7 Å². The maximum atomic E-state index is 11.6. The zero-order valence-electron chi connectivity index (χ0n) is 18.0. The van der Waals surface area contributed by atoms with E-state index in [4.69, 9.17) is 4.74 Å². The van der Waals surface area contributed by atoms with Crippen LogP contribution >= 0.6 is 0 Å². The lowest BCUT2D eigenvalue weighted by molar-refractivity contribution is 0.0924. The van der Waals surface area contributed by atoms with Crippen molar-refractivity contribution in [3.63, 3.8) is 0 Å². The molecule has 0 aromatic heterocycles. The lowest BCUT2D eigenvalue weighted by atomic mass is 9.84. The van der Waals surface area contributed by atoms with Crippen LogP contribution in [-0.2, 0) is 16.7 Å². The van der Waals surface area contributed by atoms with Gasteiger partial charge in [0.2, 0.25) is 0 Å². The Hall–Kier alpha value is -2.53. The Morgan fingerprint density at radius 2 is 1.90 bits per heavy atom. The number of rotatable bonds is 10. The fourth-order valence-corrected chi connectivity index (χ4v) is 3.11. The van der Waals surface area contributed by atoms with E-state index in [0.717, 1.165) is 41.7 Å². The maximum Gasteiger partial charge on any atom is 0.315 e. The summed E-state index contributed by atoms with van der Waals surface area (Å²) < 4.78 is 5.81. The third kappa shape index (κ3) is 6.79. The summed E-state index contributed by atoms with van der Waals surface area (Å²) >= 11 is 0. The summed E-state index contributed by atoms with van der Waals surface area (Å²) in [5.74, 6) is 0.248. The highest BCUT2D eigenvalue weighted by Crippen LogP contribution is 2.34. The highest BCUT2D eigenvalue weighted by molar-refractivity contribution is 5.74. The number of phenols is 1. The van der Waals surface area contributed by atoms with E-state index in [1.807, 2.05) is 43.3 Å². The molecule has 0 fully saturated rings. The zero-order chi connectivity index (χ0) is 21.3. The van der Waals surface area contributed by atoms with Crippen molar-refractivity contribution in [1.82, 2.24) is 10.6 Å². The Bertz CT molecular complexity index is 802. The molecular formula is C24H34N2O3. The molecule has 0 heterocycles. The molecule has 2 amide bonds. The summed E-state index contributed by atoms with van der Waals surface area (Å²) in [5, 5.41) is 16.2. The number of hydrogen-bond donors (Lipinski definition) is 3. The standard InChI is InChI=1S/C24H34N2O3/c1-5-7-13-29-17-24(3,4)20-11-12-21(22(27)15-20)19-10-8-9-18(14-19)16-26-23(28)25-6-2/h8-12,14-15,27H,5-7,13,16-17H2,1-4H3,(H2,25,26,28). The normalized spacial score (nSPS) is 11.3. The van der Waals surface area contributed by atoms with E-state index >= 15 is 0 Å². The highest BCUT2D eigenvalue weighted by Gasteiger charge is 2.22. The molecule has 0 unspecified atom stereocenters. The van der Waals surface area contributed by atoms with Gasteiger partial charge in [0, 0.05) is 30.7 Å². The fourth-order valence-electron chi connectivity index (χ4n) is 3.11. The van der Waals surface area contributed by atoms with E-state index < -0.39 is 0 Å². The minimum atomic E-state index is -0.187. The number of phenolic OH excluding ortho intramolecular Hbond substituents is 1. The van der Waals surface area contributed by atoms with Gasteiger partial charge in [0.05, 0.1) is 6.61 Å². The van der Waals surface area contributed by atoms with Crippen molar-refractivity contribution in [3.05, 3.63) is 53.6 Å². The molecule has 0 aliphatic carbocycles. The van der Waals surface area contributed by atoms with Gasteiger partial charge in [0.1, 0.15) is 5.75 Å². The molecule has 0 bridgehead atoms. The van der Waals surface area contributed by atoms with Crippen LogP contribution in [0.1, 0.15) is 51.7 Å². The first-order valence-corrected chi connectivity index (χ1v) is 10.4. The van der Waals surface area contributed by atoms with Gasteiger partial charge in [-0.3, -0.25) is 0 Å². The number of benzene rings is 2. The van der Waals surface area contributed by atoms with Crippen LogP contribution in [0.4, 0.5) is 4.79 Å². The van der Waals surface area contributed by atoms with Crippen LogP contribution in [0.3, 0.4) is 0 Å². The third-order valence-corrected chi connectivity index (χ3v) is 4.91.